The van der Waals surface area contributed by atoms with Gasteiger partial charge in [-0.2, -0.15) is 5.26 Å². The van der Waals surface area contributed by atoms with Crippen molar-refractivity contribution in [1.82, 2.24) is 5.32 Å². The summed E-state index contributed by atoms with van der Waals surface area (Å²) in [6.07, 6.45) is 1.70. The topological polar surface area (TPSA) is 45.0 Å². The molecule has 0 saturated carbocycles. The van der Waals surface area contributed by atoms with Crippen LogP contribution in [0.2, 0.25) is 0 Å². The molecule has 0 aliphatic rings. The van der Waals surface area contributed by atoms with E-state index in [-0.39, 0.29) is 0 Å². The van der Waals surface area contributed by atoms with Crippen LogP contribution in [0.5, 0.6) is 5.75 Å². The summed E-state index contributed by atoms with van der Waals surface area (Å²) in [5.74, 6) is 0.860. The molecule has 0 amide bonds. The van der Waals surface area contributed by atoms with Crippen LogP contribution < -0.4 is 10.1 Å². The van der Waals surface area contributed by atoms with Crippen LogP contribution in [0.4, 0.5) is 0 Å². The SMILES string of the molecule is CCc1ccc(OCCC(C)(C#N)NC)cc1. The maximum Gasteiger partial charge on any atom is 0.119 e. The lowest BCUT2D eigenvalue weighted by Gasteiger charge is -2.20. The fraction of sp³-hybridized carbons (Fsp3) is 0.500. The Morgan fingerprint density at radius 3 is 2.47 bits per heavy atom. The highest BCUT2D eigenvalue weighted by Gasteiger charge is 2.20. The molecule has 1 aromatic carbocycles. The van der Waals surface area contributed by atoms with Gasteiger partial charge in [0.25, 0.3) is 0 Å². The van der Waals surface area contributed by atoms with Gasteiger partial charge in [0, 0.05) is 6.42 Å². The summed E-state index contributed by atoms with van der Waals surface area (Å²) in [7, 11) is 1.79. The molecule has 0 bridgehead atoms. The van der Waals surface area contributed by atoms with Crippen molar-refractivity contribution >= 4 is 0 Å². The number of rotatable bonds is 6. The van der Waals surface area contributed by atoms with E-state index in [1.165, 1.54) is 5.56 Å². The zero-order valence-electron chi connectivity index (χ0n) is 10.8. The minimum atomic E-state index is -0.511. The Balaban J connectivity index is 2.43. The predicted octanol–water partition coefficient (Wildman–Crippen LogP) is 2.52. The van der Waals surface area contributed by atoms with E-state index >= 15 is 0 Å². The van der Waals surface area contributed by atoms with Gasteiger partial charge >= 0.3 is 0 Å². The zero-order valence-corrected chi connectivity index (χ0v) is 10.8. The van der Waals surface area contributed by atoms with E-state index in [0.29, 0.717) is 13.0 Å². The average Bonchev–Trinajstić information content (AvgIpc) is 2.39. The largest absolute Gasteiger partial charge is 0.493 e. The van der Waals surface area contributed by atoms with Crippen molar-refractivity contribution in [3.05, 3.63) is 29.8 Å². The van der Waals surface area contributed by atoms with Gasteiger partial charge in [-0.15, -0.1) is 0 Å². The van der Waals surface area contributed by atoms with Gasteiger partial charge in [-0.05, 0) is 38.1 Å². The second kappa shape index (κ2) is 6.27. The number of nitriles is 1. The predicted molar refractivity (Wildman–Crippen MR) is 69.0 cm³/mol. The fourth-order valence-electron chi connectivity index (χ4n) is 1.43. The Kier molecular flexibility index (Phi) is 4.99. The summed E-state index contributed by atoms with van der Waals surface area (Å²) >= 11 is 0. The van der Waals surface area contributed by atoms with Crippen molar-refractivity contribution < 1.29 is 4.74 Å². The number of nitrogens with one attached hydrogen (secondary N) is 1. The summed E-state index contributed by atoms with van der Waals surface area (Å²) in [6.45, 7) is 4.54. The molecule has 0 aliphatic heterocycles. The van der Waals surface area contributed by atoms with Gasteiger partial charge in [-0.3, -0.25) is 0 Å². The molecule has 3 nitrogen and oxygen atoms in total. The quantitative estimate of drug-likeness (QED) is 0.819. The second-order valence-electron chi connectivity index (χ2n) is 4.29. The molecular weight excluding hydrogens is 212 g/mol. The molecule has 0 aliphatic carbocycles. The van der Waals surface area contributed by atoms with E-state index in [9.17, 15) is 0 Å². The normalized spacial score (nSPS) is 13.8. The smallest absolute Gasteiger partial charge is 0.119 e. The molecule has 0 radical (unpaired) electrons. The van der Waals surface area contributed by atoms with Crippen LogP contribution in [0.25, 0.3) is 0 Å². The van der Waals surface area contributed by atoms with Crippen molar-refractivity contribution in [2.45, 2.75) is 32.2 Å². The molecule has 0 saturated heterocycles. The maximum atomic E-state index is 8.98. The number of benzene rings is 1. The Morgan fingerprint density at radius 2 is 2.00 bits per heavy atom. The van der Waals surface area contributed by atoms with Crippen LogP contribution in [-0.2, 0) is 6.42 Å². The minimum Gasteiger partial charge on any atom is -0.493 e. The van der Waals surface area contributed by atoms with Crippen molar-refractivity contribution in [3.63, 3.8) is 0 Å². The van der Waals surface area contributed by atoms with Crippen LogP contribution in [0, 0.1) is 11.3 Å². The lowest BCUT2D eigenvalue weighted by atomic mass is 10.0. The molecule has 17 heavy (non-hydrogen) atoms. The van der Waals surface area contributed by atoms with Gasteiger partial charge in [0.05, 0.1) is 12.7 Å². The second-order valence-corrected chi connectivity index (χ2v) is 4.29. The summed E-state index contributed by atoms with van der Waals surface area (Å²) < 4.78 is 5.61. The molecule has 1 N–H and O–H groups in total. The number of nitrogens with zero attached hydrogens (tertiary/aromatic N) is 1. The van der Waals surface area contributed by atoms with Crippen molar-refractivity contribution in [2.24, 2.45) is 0 Å². The van der Waals surface area contributed by atoms with Gasteiger partial charge in [0.15, 0.2) is 0 Å². The molecule has 0 heterocycles. The van der Waals surface area contributed by atoms with Gasteiger partial charge < -0.3 is 10.1 Å². The van der Waals surface area contributed by atoms with Gasteiger partial charge in [-0.1, -0.05) is 19.1 Å². The molecule has 0 fully saturated rings. The highest BCUT2D eigenvalue weighted by molar-refractivity contribution is 5.27. The number of ether oxygens (including phenoxy) is 1. The Labute approximate surface area is 103 Å². The Bertz CT molecular complexity index is 380. The molecule has 1 atom stereocenters. The van der Waals surface area contributed by atoms with Crippen LogP contribution in [0.3, 0.4) is 0 Å². The maximum absolute atomic E-state index is 8.98. The van der Waals surface area contributed by atoms with Crippen LogP contribution >= 0.6 is 0 Å². The Hall–Kier alpha value is -1.53. The summed E-state index contributed by atoms with van der Waals surface area (Å²) in [4.78, 5) is 0. The van der Waals surface area contributed by atoms with Gasteiger partial charge in [0.1, 0.15) is 11.3 Å². The van der Waals surface area contributed by atoms with Gasteiger partial charge in [-0.25, -0.2) is 0 Å². The number of aryl methyl sites for hydroxylation is 1. The van der Waals surface area contributed by atoms with E-state index in [2.05, 4.69) is 30.4 Å². The van der Waals surface area contributed by atoms with E-state index < -0.39 is 5.54 Å². The van der Waals surface area contributed by atoms with E-state index in [4.69, 9.17) is 10.00 Å². The molecule has 1 unspecified atom stereocenters. The van der Waals surface area contributed by atoms with Crippen LogP contribution in [-0.4, -0.2) is 19.2 Å². The molecular formula is C14H20N2O. The van der Waals surface area contributed by atoms with Crippen LogP contribution in [0.15, 0.2) is 24.3 Å². The first-order valence-electron chi connectivity index (χ1n) is 5.95. The first-order valence-corrected chi connectivity index (χ1v) is 5.95. The molecule has 0 aromatic heterocycles. The summed E-state index contributed by atoms with van der Waals surface area (Å²) in [5, 5.41) is 12.0. The first kappa shape index (κ1) is 13.5. The third-order valence-electron chi connectivity index (χ3n) is 3.00. The zero-order chi connectivity index (χ0) is 12.7. The van der Waals surface area contributed by atoms with E-state index in [1.54, 1.807) is 7.05 Å². The first-order chi connectivity index (χ1) is 8.13. The highest BCUT2D eigenvalue weighted by atomic mass is 16.5. The highest BCUT2D eigenvalue weighted by Crippen LogP contribution is 2.14. The third kappa shape index (κ3) is 4.08. The number of hydrogen-bond acceptors (Lipinski definition) is 3. The third-order valence-corrected chi connectivity index (χ3v) is 3.00. The number of hydrogen-bond donors (Lipinski definition) is 1. The van der Waals surface area contributed by atoms with E-state index in [0.717, 1.165) is 12.2 Å². The molecule has 1 aromatic rings. The standard InChI is InChI=1S/C14H20N2O/c1-4-12-5-7-13(8-6-12)17-10-9-14(2,11-15)16-3/h5-8,16H,4,9-10H2,1-3H3. The summed E-state index contributed by atoms with van der Waals surface area (Å²) in [5.41, 5.74) is 0.790. The van der Waals surface area contributed by atoms with Crippen molar-refractivity contribution in [3.8, 4) is 11.8 Å². The molecule has 3 heteroatoms. The molecule has 92 valence electrons. The monoisotopic (exact) mass is 232 g/mol. The van der Waals surface area contributed by atoms with Crippen LogP contribution in [0.1, 0.15) is 25.8 Å². The van der Waals surface area contributed by atoms with Crippen molar-refractivity contribution in [2.75, 3.05) is 13.7 Å². The van der Waals surface area contributed by atoms with E-state index in [1.807, 2.05) is 19.1 Å². The lowest BCUT2D eigenvalue weighted by Crippen LogP contribution is -2.39. The average molecular weight is 232 g/mol. The Morgan fingerprint density at radius 1 is 1.35 bits per heavy atom. The van der Waals surface area contributed by atoms with Crippen molar-refractivity contribution in [1.29, 1.82) is 5.26 Å². The summed E-state index contributed by atoms with van der Waals surface area (Å²) in [6, 6.07) is 10.3. The van der Waals surface area contributed by atoms with Gasteiger partial charge in [0.2, 0.25) is 0 Å². The molecule has 1 rings (SSSR count). The minimum absolute atomic E-state index is 0.511. The molecule has 0 spiro atoms. The fourth-order valence-corrected chi connectivity index (χ4v) is 1.43. The lowest BCUT2D eigenvalue weighted by molar-refractivity contribution is 0.273.